The van der Waals surface area contributed by atoms with Gasteiger partial charge in [-0.3, -0.25) is 9.97 Å². The predicted octanol–water partition coefficient (Wildman–Crippen LogP) is 13.0. The van der Waals surface area contributed by atoms with E-state index in [2.05, 4.69) is 102 Å². The summed E-state index contributed by atoms with van der Waals surface area (Å²) >= 11 is 0. The van der Waals surface area contributed by atoms with Gasteiger partial charge in [-0.15, -0.1) is 20.4 Å². The van der Waals surface area contributed by atoms with Crippen molar-refractivity contribution in [3.63, 3.8) is 0 Å². The first-order valence-corrected chi connectivity index (χ1v) is 21.0. The summed E-state index contributed by atoms with van der Waals surface area (Å²) in [4.78, 5) is 10.0. The van der Waals surface area contributed by atoms with E-state index in [1.807, 2.05) is 109 Å². The van der Waals surface area contributed by atoms with Crippen molar-refractivity contribution < 1.29 is 8.83 Å². The van der Waals surface area contributed by atoms with Gasteiger partial charge < -0.3 is 18.0 Å². The van der Waals surface area contributed by atoms with Crippen LogP contribution >= 0.6 is 0 Å². The summed E-state index contributed by atoms with van der Waals surface area (Å²) in [5.41, 5.74) is 11.6. The smallest absolute Gasteiger partial charge is 0.248 e. The maximum atomic E-state index is 6.09. The van der Waals surface area contributed by atoms with Gasteiger partial charge in [0.15, 0.2) is 0 Å². The minimum absolute atomic E-state index is 0.473. The quantitative estimate of drug-likeness (QED) is 0.152. The number of benzene rings is 8. The summed E-state index contributed by atoms with van der Waals surface area (Å²) in [6.07, 6.45) is 3.77. The normalized spacial score (nSPS) is 12.1. The monoisotopic (exact) mass is 822 g/mol. The predicted molar refractivity (Wildman–Crippen MR) is 252 cm³/mol. The molecule has 10 nitrogen and oxygen atoms in total. The van der Waals surface area contributed by atoms with Gasteiger partial charge in [-0.1, -0.05) is 60.7 Å². The Kier molecular flexibility index (Phi) is 7.17. The van der Waals surface area contributed by atoms with E-state index >= 15 is 0 Å². The summed E-state index contributed by atoms with van der Waals surface area (Å²) in [7, 11) is 0. The van der Waals surface area contributed by atoms with Crippen LogP contribution in [-0.2, 0) is 0 Å². The number of hydrogen-bond donors (Lipinski definition) is 0. The van der Waals surface area contributed by atoms with Crippen molar-refractivity contribution in [1.29, 1.82) is 0 Å². The van der Waals surface area contributed by atoms with Crippen LogP contribution in [0.4, 0.5) is 0 Å². The molecule has 0 radical (unpaired) electrons. The average Bonchev–Trinajstić information content (AvgIpc) is 4.18. The Balaban J connectivity index is 0.917. The molecular weight excluding hydrogens is 793 g/mol. The fraction of sp³-hybridized carbons (Fsp3) is 0. The number of aromatic nitrogens is 8. The maximum absolute atomic E-state index is 6.09. The zero-order valence-corrected chi connectivity index (χ0v) is 33.7. The molecule has 14 aromatic rings. The Bertz CT molecular complexity index is 3840. The molecule has 0 aliphatic carbocycles. The Morgan fingerprint density at radius 3 is 1.12 bits per heavy atom. The van der Waals surface area contributed by atoms with Gasteiger partial charge in [-0.2, -0.15) is 0 Å². The van der Waals surface area contributed by atoms with E-state index in [1.165, 1.54) is 10.8 Å². The minimum atomic E-state index is 0.473. The van der Waals surface area contributed by atoms with Gasteiger partial charge in [0.25, 0.3) is 0 Å². The standard InChI is InChI=1S/C54H30N8O2/c1-3-9-31(10-4-1)51-57-59-53(63-51)33-15-21-37(22-16-33)61-41-13-7-27-55-49(41)47-39-25-20-36-30-44-48(40-26-19-35(29-43(47)61)45(39)46(36)40)50-42(14-8-28-56-50)62(44)38-23-17-34(18-24-38)54-60-58-52(64-54)32-11-5-2-6-12-32/h1-30H. The van der Waals surface area contributed by atoms with Crippen molar-refractivity contribution in [3.8, 4) is 57.2 Å². The molecule has 0 amide bonds. The van der Waals surface area contributed by atoms with Crippen LogP contribution in [0.5, 0.6) is 0 Å². The van der Waals surface area contributed by atoms with Gasteiger partial charge in [-0.25, -0.2) is 0 Å². The second kappa shape index (κ2) is 13.2. The molecule has 298 valence electrons. The molecule has 10 heteroatoms. The van der Waals surface area contributed by atoms with Gasteiger partial charge in [0.1, 0.15) is 0 Å². The molecule has 6 aromatic heterocycles. The second-order valence-electron chi connectivity index (χ2n) is 16.0. The van der Waals surface area contributed by atoms with Gasteiger partial charge >= 0.3 is 0 Å². The van der Waals surface area contributed by atoms with Crippen molar-refractivity contribution >= 4 is 76.2 Å². The van der Waals surface area contributed by atoms with Crippen LogP contribution < -0.4 is 0 Å². The molecule has 14 rings (SSSR count). The number of nitrogens with zero attached hydrogens (tertiary/aromatic N) is 8. The first kappa shape index (κ1) is 34.7. The third-order valence-electron chi connectivity index (χ3n) is 12.5. The topological polar surface area (TPSA) is 113 Å². The number of pyridine rings is 2. The van der Waals surface area contributed by atoms with Crippen molar-refractivity contribution in [2.24, 2.45) is 0 Å². The molecule has 0 atom stereocenters. The summed E-state index contributed by atoms with van der Waals surface area (Å²) in [6, 6.07) is 58.2. The van der Waals surface area contributed by atoms with Crippen molar-refractivity contribution in [2.75, 3.05) is 0 Å². The van der Waals surface area contributed by atoms with Crippen molar-refractivity contribution in [2.45, 2.75) is 0 Å². The minimum Gasteiger partial charge on any atom is -0.416 e. The van der Waals surface area contributed by atoms with E-state index in [0.29, 0.717) is 23.6 Å². The van der Waals surface area contributed by atoms with Gasteiger partial charge in [0.2, 0.25) is 23.6 Å². The summed E-state index contributed by atoms with van der Waals surface area (Å²) in [5, 5.41) is 26.6. The zero-order chi connectivity index (χ0) is 41.9. The lowest BCUT2D eigenvalue weighted by molar-refractivity contribution is 0.584. The highest BCUT2D eigenvalue weighted by molar-refractivity contribution is 6.37. The fourth-order valence-electron chi connectivity index (χ4n) is 9.71. The number of rotatable bonds is 6. The molecule has 0 fully saturated rings. The Morgan fingerprint density at radius 1 is 0.328 bits per heavy atom. The molecule has 64 heavy (non-hydrogen) atoms. The molecule has 0 aliphatic rings. The van der Waals surface area contributed by atoms with E-state index < -0.39 is 0 Å². The van der Waals surface area contributed by atoms with Gasteiger partial charge in [0.05, 0.1) is 33.1 Å². The summed E-state index contributed by atoms with van der Waals surface area (Å²) in [5.74, 6) is 1.93. The Hall–Kier alpha value is -9.02. The van der Waals surface area contributed by atoms with Crippen LogP contribution in [0.15, 0.2) is 191 Å². The molecule has 0 N–H and O–H groups in total. The van der Waals surface area contributed by atoms with E-state index in [1.54, 1.807) is 0 Å². The van der Waals surface area contributed by atoms with Crippen LogP contribution in [0.3, 0.4) is 0 Å². The molecule has 8 aromatic carbocycles. The lowest BCUT2D eigenvalue weighted by Gasteiger charge is -2.15. The van der Waals surface area contributed by atoms with Crippen LogP contribution in [0.25, 0.3) is 133 Å². The van der Waals surface area contributed by atoms with Crippen LogP contribution in [0, 0.1) is 0 Å². The SMILES string of the molecule is c1ccc(-c2nnc(-c3ccc(-n4c5cccnc5c5c6ccc7cc8c(c9ccc(cc54)c6c79)c4ncccc4n8-c4ccc(-c5nnc(-c6ccccc6)o5)cc4)cc3)o2)cc1. The summed E-state index contributed by atoms with van der Waals surface area (Å²) in [6.45, 7) is 0. The van der Waals surface area contributed by atoms with Crippen LogP contribution in [0.2, 0.25) is 0 Å². The fourth-order valence-corrected chi connectivity index (χ4v) is 9.71. The lowest BCUT2D eigenvalue weighted by atomic mass is 9.91. The molecule has 0 aliphatic heterocycles. The van der Waals surface area contributed by atoms with Crippen LogP contribution in [-0.4, -0.2) is 39.5 Å². The van der Waals surface area contributed by atoms with E-state index in [-0.39, 0.29) is 0 Å². The van der Waals surface area contributed by atoms with Crippen LogP contribution in [0.1, 0.15) is 0 Å². The van der Waals surface area contributed by atoms with E-state index in [4.69, 9.17) is 18.8 Å². The maximum Gasteiger partial charge on any atom is 0.248 e. The molecule has 0 saturated heterocycles. The largest absolute Gasteiger partial charge is 0.416 e. The van der Waals surface area contributed by atoms with E-state index in [0.717, 1.165) is 99.0 Å². The molecule has 6 heterocycles. The number of hydrogen-bond acceptors (Lipinski definition) is 8. The average molecular weight is 823 g/mol. The van der Waals surface area contributed by atoms with E-state index in [9.17, 15) is 0 Å². The van der Waals surface area contributed by atoms with Crippen molar-refractivity contribution in [3.05, 3.63) is 182 Å². The first-order valence-electron chi connectivity index (χ1n) is 21.0. The highest BCUT2D eigenvalue weighted by Crippen LogP contribution is 2.46. The highest BCUT2D eigenvalue weighted by atomic mass is 16.4. The lowest BCUT2D eigenvalue weighted by Crippen LogP contribution is -1.95. The van der Waals surface area contributed by atoms with Crippen molar-refractivity contribution in [1.82, 2.24) is 39.5 Å². The molecule has 0 bridgehead atoms. The number of fused-ring (bicyclic) bond motifs is 8. The van der Waals surface area contributed by atoms with Gasteiger partial charge in [0, 0.05) is 56.8 Å². The van der Waals surface area contributed by atoms with Gasteiger partial charge in [-0.05, 0) is 142 Å². The molecule has 0 unspecified atom stereocenters. The Labute approximate surface area is 362 Å². The zero-order valence-electron chi connectivity index (χ0n) is 33.7. The third-order valence-corrected chi connectivity index (χ3v) is 12.5. The summed E-state index contributed by atoms with van der Waals surface area (Å²) < 4.78 is 16.8. The third kappa shape index (κ3) is 5.01. The second-order valence-corrected chi connectivity index (χ2v) is 16.0. The molecule has 0 saturated carbocycles. The Morgan fingerprint density at radius 2 is 0.719 bits per heavy atom. The molecule has 0 spiro atoms. The molecular formula is C54H30N8O2. The highest BCUT2D eigenvalue weighted by Gasteiger charge is 2.23. The first-order chi connectivity index (χ1) is 31.7.